The van der Waals surface area contributed by atoms with Crippen LogP contribution in [0.2, 0.25) is 0 Å². The number of anilines is 1. The van der Waals surface area contributed by atoms with Crippen LogP contribution in [0.5, 0.6) is 0 Å². The Hall–Kier alpha value is -3.15. The van der Waals surface area contributed by atoms with Crippen molar-refractivity contribution in [2.45, 2.75) is 6.04 Å². The van der Waals surface area contributed by atoms with Crippen molar-refractivity contribution >= 4 is 23.5 Å². The van der Waals surface area contributed by atoms with Crippen molar-refractivity contribution in [1.29, 1.82) is 0 Å². The lowest BCUT2D eigenvalue weighted by atomic mass is 9.90. The molecule has 0 aliphatic carbocycles. The third kappa shape index (κ3) is 3.21. The number of imide groups is 2. The molecule has 1 aliphatic rings. The van der Waals surface area contributed by atoms with Gasteiger partial charge < -0.3 is 5.32 Å². The number of amides is 4. The zero-order chi connectivity index (χ0) is 16.2. The van der Waals surface area contributed by atoms with Crippen molar-refractivity contribution in [2.24, 2.45) is 5.92 Å². The van der Waals surface area contributed by atoms with Crippen LogP contribution in [0.4, 0.5) is 10.5 Å². The van der Waals surface area contributed by atoms with Gasteiger partial charge in [0.1, 0.15) is 5.92 Å². The predicted octanol–water partition coefficient (Wildman–Crippen LogP) is 1.82. The van der Waals surface area contributed by atoms with E-state index >= 15 is 0 Å². The number of hydrogen-bond acceptors (Lipinski definition) is 4. The van der Waals surface area contributed by atoms with Gasteiger partial charge in [-0.15, -0.1) is 0 Å². The van der Waals surface area contributed by atoms with Crippen molar-refractivity contribution in [3.05, 3.63) is 66.2 Å². The zero-order valence-electron chi connectivity index (χ0n) is 12.2. The second kappa shape index (κ2) is 6.31. The number of barbiturate groups is 1. The molecular formula is C17H15N3O3. The molecule has 6 heteroatoms. The largest absolute Gasteiger partial charge is 0.377 e. The maximum Gasteiger partial charge on any atom is 0.328 e. The van der Waals surface area contributed by atoms with E-state index in [1.54, 1.807) is 0 Å². The molecule has 1 fully saturated rings. The standard InChI is InChI=1S/C17H15N3O3/c21-15-13(16(22)20-17(23)19-15)14(11-7-3-1-4-8-11)18-12-9-5-2-6-10-12/h1-10,13-14,18H,(H2,19,20,21,22,23). The van der Waals surface area contributed by atoms with Crippen molar-refractivity contribution in [1.82, 2.24) is 10.6 Å². The van der Waals surface area contributed by atoms with Gasteiger partial charge in [-0.05, 0) is 17.7 Å². The zero-order valence-corrected chi connectivity index (χ0v) is 12.2. The first-order chi connectivity index (χ1) is 11.1. The van der Waals surface area contributed by atoms with Crippen LogP contribution in [0.1, 0.15) is 11.6 Å². The summed E-state index contributed by atoms with van der Waals surface area (Å²) in [5.74, 6) is -2.28. The summed E-state index contributed by atoms with van der Waals surface area (Å²) in [4.78, 5) is 35.6. The molecule has 3 N–H and O–H groups in total. The summed E-state index contributed by atoms with van der Waals surface area (Å²) in [6.45, 7) is 0. The smallest absolute Gasteiger partial charge is 0.328 e. The minimum atomic E-state index is -1.05. The lowest BCUT2D eigenvalue weighted by Gasteiger charge is -2.29. The van der Waals surface area contributed by atoms with E-state index in [0.717, 1.165) is 11.3 Å². The fourth-order valence-electron chi connectivity index (χ4n) is 2.57. The molecule has 1 heterocycles. The van der Waals surface area contributed by atoms with E-state index in [-0.39, 0.29) is 0 Å². The lowest BCUT2D eigenvalue weighted by Crippen LogP contribution is -2.58. The summed E-state index contributed by atoms with van der Waals surface area (Å²) in [7, 11) is 0. The van der Waals surface area contributed by atoms with Gasteiger partial charge in [0.05, 0.1) is 6.04 Å². The quantitative estimate of drug-likeness (QED) is 0.752. The minimum Gasteiger partial charge on any atom is -0.377 e. The number of carbonyl (C=O) groups excluding carboxylic acids is 3. The van der Waals surface area contributed by atoms with Gasteiger partial charge >= 0.3 is 6.03 Å². The molecule has 1 atom stereocenters. The Morgan fingerprint density at radius 2 is 1.30 bits per heavy atom. The fraction of sp³-hybridized carbons (Fsp3) is 0.118. The average Bonchev–Trinajstić information content (AvgIpc) is 2.55. The van der Waals surface area contributed by atoms with E-state index in [0.29, 0.717) is 0 Å². The van der Waals surface area contributed by atoms with E-state index in [9.17, 15) is 14.4 Å². The SMILES string of the molecule is O=C1NC(=O)C(C(Nc2ccccc2)c2ccccc2)C(=O)N1. The molecule has 1 aliphatic heterocycles. The Bertz CT molecular complexity index is 711. The summed E-state index contributed by atoms with van der Waals surface area (Å²) < 4.78 is 0. The molecule has 116 valence electrons. The van der Waals surface area contributed by atoms with E-state index < -0.39 is 29.8 Å². The van der Waals surface area contributed by atoms with Crippen molar-refractivity contribution in [3.8, 4) is 0 Å². The monoisotopic (exact) mass is 309 g/mol. The number of carbonyl (C=O) groups is 3. The maximum atomic E-state index is 12.2. The van der Waals surface area contributed by atoms with E-state index in [1.165, 1.54) is 0 Å². The van der Waals surface area contributed by atoms with Crippen LogP contribution in [-0.4, -0.2) is 17.8 Å². The van der Waals surface area contributed by atoms with Crippen molar-refractivity contribution < 1.29 is 14.4 Å². The van der Waals surface area contributed by atoms with Crippen LogP contribution in [0.25, 0.3) is 0 Å². The number of hydrogen-bond donors (Lipinski definition) is 3. The highest BCUT2D eigenvalue weighted by Gasteiger charge is 2.40. The molecule has 6 nitrogen and oxygen atoms in total. The predicted molar refractivity (Wildman–Crippen MR) is 84.4 cm³/mol. The van der Waals surface area contributed by atoms with Gasteiger partial charge in [-0.3, -0.25) is 20.2 Å². The summed E-state index contributed by atoms with van der Waals surface area (Å²) in [5.41, 5.74) is 1.56. The lowest BCUT2D eigenvalue weighted by molar-refractivity contribution is -0.136. The van der Waals surface area contributed by atoms with E-state index in [1.807, 2.05) is 60.7 Å². The first-order valence-electron chi connectivity index (χ1n) is 7.17. The number of para-hydroxylation sites is 1. The third-order valence-corrected chi connectivity index (χ3v) is 3.63. The van der Waals surface area contributed by atoms with Gasteiger partial charge in [0, 0.05) is 5.69 Å². The molecule has 4 amide bonds. The first kappa shape index (κ1) is 14.8. The number of urea groups is 1. The van der Waals surface area contributed by atoms with Gasteiger partial charge in [0.25, 0.3) is 0 Å². The summed E-state index contributed by atoms with van der Waals surface area (Å²) in [5, 5.41) is 7.50. The Kier molecular flexibility index (Phi) is 4.05. The normalized spacial score (nSPS) is 16.4. The highest BCUT2D eigenvalue weighted by Crippen LogP contribution is 2.28. The van der Waals surface area contributed by atoms with E-state index in [2.05, 4.69) is 16.0 Å². The molecule has 2 aromatic rings. The van der Waals surface area contributed by atoms with Crippen LogP contribution in [0.15, 0.2) is 60.7 Å². The van der Waals surface area contributed by atoms with Gasteiger partial charge in [-0.25, -0.2) is 4.79 Å². The topological polar surface area (TPSA) is 87.3 Å². The van der Waals surface area contributed by atoms with Crippen LogP contribution < -0.4 is 16.0 Å². The van der Waals surface area contributed by atoms with Gasteiger partial charge in [0.15, 0.2) is 0 Å². The van der Waals surface area contributed by atoms with Gasteiger partial charge in [0.2, 0.25) is 11.8 Å². The summed E-state index contributed by atoms with van der Waals surface area (Å²) in [6.07, 6.45) is 0. The fourth-order valence-corrected chi connectivity index (χ4v) is 2.57. The Morgan fingerprint density at radius 1 is 0.783 bits per heavy atom. The van der Waals surface area contributed by atoms with Crippen LogP contribution in [0.3, 0.4) is 0 Å². The van der Waals surface area contributed by atoms with Gasteiger partial charge in [-0.2, -0.15) is 0 Å². The van der Waals surface area contributed by atoms with Gasteiger partial charge in [-0.1, -0.05) is 48.5 Å². The van der Waals surface area contributed by atoms with Crippen molar-refractivity contribution in [3.63, 3.8) is 0 Å². The van der Waals surface area contributed by atoms with Crippen LogP contribution in [0, 0.1) is 5.92 Å². The second-order valence-corrected chi connectivity index (χ2v) is 5.18. The number of nitrogens with one attached hydrogen (secondary N) is 3. The molecule has 0 radical (unpaired) electrons. The Morgan fingerprint density at radius 3 is 1.87 bits per heavy atom. The molecule has 3 rings (SSSR count). The minimum absolute atomic E-state index is 0.591. The maximum absolute atomic E-state index is 12.2. The average molecular weight is 309 g/mol. The molecule has 23 heavy (non-hydrogen) atoms. The Balaban J connectivity index is 1.96. The molecule has 1 unspecified atom stereocenters. The highest BCUT2D eigenvalue weighted by molar-refractivity contribution is 6.16. The second-order valence-electron chi connectivity index (χ2n) is 5.18. The summed E-state index contributed by atoms with van der Waals surface area (Å²) >= 11 is 0. The van der Waals surface area contributed by atoms with E-state index in [4.69, 9.17) is 0 Å². The first-order valence-corrected chi connectivity index (χ1v) is 7.17. The highest BCUT2D eigenvalue weighted by atomic mass is 16.2. The molecule has 0 aromatic heterocycles. The summed E-state index contributed by atoms with van der Waals surface area (Å²) in [6, 6.07) is 17.1. The molecule has 0 bridgehead atoms. The Labute approximate surface area is 132 Å². The molecule has 0 saturated carbocycles. The molecule has 0 spiro atoms. The van der Waals surface area contributed by atoms with Crippen LogP contribution >= 0.6 is 0 Å². The molecule has 2 aromatic carbocycles. The van der Waals surface area contributed by atoms with Crippen molar-refractivity contribution in [2.75, 3.05) is 5.32 Å². The number of benzene rings is 2. The molecule has 1 saturated heterocycles. The number of rotatable bonds is 4. The van der Waals surface area contributed by atoms with Crippen LogP contribution in [-0.2, 0) is 9.59 Å². The molecular weight excluding hydrogens is 294 g/mol. The third-order valence-electron chi connectivity index (χ3n) is 3.63.